The number of aliphatic imine (C=N–C) groups is 1. The quantitative estimate of drug-likeness (QED) is 0.620. The minimum atomic E-state index is -0.125. The largest absolute Gasteiger partial charge is 0.387 e. The van der Waals surface area contributed by atoms with Gasteiger partial charge in [0.1, 0.15) is 0 Å². The first kappa shape index (κ1) is 21.4. The van der Waals surface area contributed by atoms with Gasteiger partial charge in [0.15, 0.2) is 0 Å². The Morgan fingerprint density at radius 3 is 2.28 bits per heavy atom. The molecule has 0 spiro atoms. The molecule has 4 heteroatoms. The van der Waals surface area contributed by atoms with Crippen LogP contribution in [-0.4, -0.2) is 17.8 Å². The molecule has 0 bridgehead atoms. The molecule has 1 amide bonds. The van der Waals surface area contributed by atoms with E-state index in [1.807, 2.05) is 26.8 Å². The fourth-order valence-electron chi connectivity index (χ4n) is 2.58. The summed E-state index contributed by atoms with van der Waals surface area (Å²) in [6.07, 6.45) is 7.12. The lowest BCUT2D eigenvalue weighted by Gasteiger charge is -2.21. The number of nitrogens with two attached hydrogens (primary N) is 1. The molecule has 0 saturated heterocycles. The summed E-state index contributed by atoms with van der Waals surface area (Å²) in [5.74, 6) is 0.501. The summed E-state index contributed by atoms with van der Waals surface area (Å²) in [6, 6.07) is 10.4. The molecule has 2 rings (SSSR count). The van der Waals surface area contributed by atoms with E-state index in [9.17, 15) is 4.79 Å². The molecular formula is C21H34N2O2. The Morgan fingerprint density at radius 1 is 1.16 bits per heavy atom. The minimum absolute atomic E-state index is 0.0338. The number of nitrogens with zero attached hydrogens (tertiary/aromatic N) is 1. The zero-order valence-corrected chi connectivity index (χ0v) is 16.2. The third kappa shape index (κ3) is 9.40. The van der Waals surface area contributed by atoms with E-state index in [2.05, 4.69) is 29.3 Å². The van der Waals surface area contributed by atoms with Crippen molar-refractivity contribution in [2.75, 3.05) is 0 Å². The highest BCUT2D eigenvalue weighted by Gasteiger charge is 2.15. The van der Waals surface area contributed by atoms with Gasteiger partial charge in [0.05, 0.1) is 18.5 Å². The Balaban J connectivity index is 0.000000260. The molecule has 1 unspecified atom stereocenters. The lowest BCUT2D eigenvalue weighted by Crippen LogP contribution is -2.18. The maximum atomic E-state index is 11.1. The maximum absolute atomic E-state index is 11.1. The highest BCUT2D eigenvalue weighted by Crippen LogP contribution is 2.21. The molecule has 0 aliphatic heterocycles. The number of hydrogen-bond donors (Lipinski definition) is 1. The summed E-state index contributed by atoms with van der Waals surface area (Å²) in [5.41, 5.74) is 6.55. The third-order valence-electron chi connectivity index (χ3n) is 4.56. The van der Waals surface area contributed by atoms with Crippen LogP contribution in [0.5, 0.6) is 0 Å². The second-order valence-corrected chi connectivity index (χ2v) is 7.18. The number of rotatable bonds is 5. The van der Waals surface area contributed by atoms with Crippen LogP contribution in [0.2, 0.25) is 0 Å². The van der Waals surface area contributed by atoms with Crippen LogP contribution < -0.4 is 5.73 Å². The van der Waals surface area contributed by atoms with Crippen LogP contribution in [-0.2, 0) is 16.1 Å². The van der Waals surface area contributed by atoms with Crippen LogP contribution in [0.25, 0.3) is 0 Å². The van der Waals surface area contributed by atoms with Gasteiger partial charge in [0.25, 0.3) is 0 Å². The third-order valence-corrected chi connectivity index (χ3v) is 4.56. The Labute approximate surface area is 152 Å². The van der Waals surface area contributed by atoms with Gasteiger partial charge < -0.3 is 10.5 Å². The number of amidine groups is 1. The van der Waals surface area contributed by atoms with Gasteiger partial charge >= 0.3 is 0 Å². The topological polar surface area (TPSA) is 64.7 Å². The number of amides is 1. The van der Waals surface area contributed by atoms with Crippen molar-refractivity contribution in [3.8, 4) is 0 Å². The second-order valence-electron chi connectivity index (χ2n) is 7.18. The molecule has 1 aromatic rings. The normalized spacial score (nSPS) is 16.9. The number of benzene rings is 1. The highest BCUT2D eigenvalue weighted by molar-refractivity contribution is 5.93. The van der Waals surface area contributed by atoms with Crippen molar-refractivity contribution in [2.45, 2.75) is 72.5 Å². The van der Waals surface area contributed by atoms with Gasteiger partial charge in [-0.25, -0.2) is 4.99 Å². The predicted molar refractivity (Wildman–Crippen MR) is 104 cm³/mol. The summed E-state index contributed by atoms with van der Waals surface area (Å²) in [5, 5.41) is 0. The Hall–Kier alpha value is -1.68. The minimum Gasteiger partial charge on any atom is -0.387 e. The van der Waals surface area contributed by atoms with Gasteiger partial charge in [-0.2, -0.15) is 0 Å². The van der Waals surface area contributed by atoms with E-state index >= 15 is 0 Å². The van der Waals surface area contributed by atoms with Crippen molar-refractivity contribution in [3.63, 3.8) is 0 Å². The molecule has 0 aromatic heterocycles. The van der Waals surface area contributed by atoms with Gasteiger partial charge in [-0.3, -0.25) is 4.79 Å². The van der Waals surface area contributed by atoms with Gasteiger partial charge in [-0.05, 0) is 31.2 Å². The molecule has 1 atom stereocenters. The summed E-state index contributed by atoms with van der Waals surface area (Å²) in [6.45, 7) is 8.24. The number of carbonyl (C=O) groups is 1. The van der Waals surface area contributed by atoms with E-state index in [4.69, 9.17) is 10.5 Å². The molecule has 4 nitrogen and oxygen atoms in total. The van der Waals surface area contributed by atoms with Gasteiger partial charge in [0, 0.05) is 5.92 Å². The Kier molecular flexibility index (Phi) is 10.1. The summed E-state index contributed by atoms with van der Waals surface area (Å²) >= 11 is 0. The molecule has 2 N–H and O–H groups in total. The monoisotopic (exact) mass is 346 g/mol. The molecule has 1 fully saturated rings. The van der Waals surface area contributed by atoms with Crippen molar-refractivity contribution < 1.29 is 9.53 Å². The lowest BCUT2D eigenvalue weighted by molar-refractivity contribution is -0.122. The lowest BCUT2D eigenvalue weighted by atomic mass is 9.98. The molecule has 1 aromatic carbocycles. The average molecular weight is 347 g/mol. The van der Waals surface area contributed by atoms with Crippen molar-refractivity contribution >= 4 is 11.7 Å². The highest BCUT2D eigenvalue weighted by atomic mass is 16.5. The molecule has 1 saturated carbocycles. The predicted octanol–water partition coefficient (Wildman–Crippen LogP) is 4.72. The molecule has 1 aliphatic rings. The van der Waals surface area contributed by atoms with Crippen molar-refractivity contribution in [1.82, 2.24) is 0 Å². The summed E-state index contributed by atoms with van der Waals surface area (Å²) in [7, 11) is 0. The van der Waals surface area contributed by atoms with E-state index < -0.39 is 0 Å². The zero-order valence-electron chi connectivity index (χ0n) is 16.2. The van der Waals surface area contributed by atoms with Crippen LogP contribution in [0.15, 0.2) is 35.3 Å². The average Bonchev–Trinajstić information content (AvgIpc) is 2.61. The van der Waals surface area contributed by atoms with Crippen molar-refractivity contribution in [3.05, 3.63) is 35.9 Å². The van der Waals surface area contributed by atoms with Gasteiger partial charge in [-0.15, -0.1) is 0 Å². The Morgan fingerprint density at radius 2 is 1.76 bits per heavy atom. The van der Waals surface area contributed by atoms with Gasteiger partial charge in [-0.1, -0.05) is 70.4 Å². The molecule has 0 radical (unpaired) electrons. The number of hydrogen-bond acceptors (Lipinski definition) is 2. The fraction of sp³-hybridized carbons (Fsp3) is 0.619. The number of carbonyl (C=O) groups excluding carboxylic acids is 1. The zero-order chi connectivity index (χ0) is 18.7. The Bertz CT molecular complexity index is 516. The smallest absolute Gasteiger partial charge is 0.250 e. The summed E-state index contributed by atoms with van der Waals surface area (Å²) in [4.78, 5) is 14.8. The van der Waals surface area contributed by atoms with Gasteiger partial charge in [0.2, 0.25) is 5.91 Å². The van der Waals surface area contributed by atoms with Crippen LogP contribution in [0.4, 0.5) is 0 Å². The molecule has 0 heterocycles. The second kappa shape index (κ2) is 11.8. The van der Waals surface area contributed by atoms with E-state index in [0.29, 0.717) is 17.9 Å². The standard InChI is InChI=1S/C13H18O.C8H16N2O/c1-3-7-12(8-4-1)11-14-13-9-5-2-6-10-13;1-5(2)6(3)8(11)10-7(4)9/h1,3-4,7-8,13H,2,5-6,9-11H2;5-6H,1-4H3,(H2,9,10,11). The van der Waals surface area contributed by atoms with Crippen LogP contribution >= 0.6 is 0 Å². The fourth-order valence-corrected chi connectivity index (χ4v) is 2.58. The van der Waals surface area contributed by atoms with Crippen LogP contribution in [0.3, 0.4) is 0 Å². The van der Waals surface area contributed by atoms with Crippen LogP contribution in [0, 0.1) is 11.8 Å². The van der Waals surface area contributed by atoms with Crippen molar-refractivity contribution in [2.24, 2.45) is 22.6 Å². The molecule has 25 heavy (non-hydrogen) atoms. The first-order valence-corrected chi connectivity index (χ1v) is 9.40. The first-order valence-electron chi connectivity index (χ1n) is 9.40. The van der Waals surface area contributed by atoms with Crippen LogP contribution in [0.1, 0.15) is 65.4 Å². The van der Waals surface area contributed by atoms with Crippen molar-refractivity contribution in [1.29, 1.82) is 0 Å². The molecular weight excluding hydrogens is 312 g/mol. The van der Waals surface area contributed by atoms with E-state index in [-0.39, 0.29) is 11.8 Å². The SMILES string of the molecule is CC(N)=NC(=O)C(C)C(C)C.c1ccc(COC2CCCCC2)cc1. The molecule has 1 aliphatic carbocycles. The van der Waals surface area contributed by atoms with E-state index in [1.54, 1.807) is 6.92 Å². The number of ether oxygens (including phenoxy) is 1. The van der Waals surface area contributed by atoms with E-state index in [0.717, 1.165) is 6.61 Å². The molecule has 140 valence electrons. The maximum Gasteiger partial charge on any atom is 0.250 e. The van der Waals surface area contributed by atoms with E-state index in [1.165, 1.54) is 37.7 Å². The first-order chi connectivity index (χ1) is 11.9. The summed E-state index contributed by atoms with van der Waals surface area (Å²) < 4.78 is 5.87.